The van der Waals surface area contributed by atoms with Crippen LogP contribution < -0.4 is 5.69 Å². The third-order valence-corrected chi connectivity index (χ3v) is 7.66. The Morgan fingerprint density at radius 3 is 2.56 bits per heavy atom. The molecule has 4 rings (SSSR count). The predicted octanol–water partition coefficient (Wildman–Crippen LogP) is 4.74. The van der Waals surface area contributed by atoms with Crippen LogP contribution in [0.15, 0.2) is 58.3 Å². The molecule has 2 heterocycles. The van der Waals surface area contributed by atoms with Crippen LogP contribution in [0.1, 0.15) is 27.3 Å². The first kappa shape index (κ1) is 24.2. The molecule has 1 aromatic heterocycles. The lowest BCUT2D eigenvalue weighted by atomic mass is 10.0. The van der Waals surface area contributed by atoms with E-state index in [4.69, 9.17) is 26.1 Å². The molecule has 2 aromatic carbocycles. The van der Waals surface area contributed by atoms with Crippen molar-refractivity contribution in [2.45, 2.75) is 39.0 Å². The van der Waals surface area contributed by atoms with E-state index < -0.39 is 14.0 Å². The van der Waals surface area contributed by atoms with Crippen LogP contribution in [0, 0.1) is 0 Å². The molecule has 9 heteroatoms. The van der Waals surface area contributed by atoms with Crippen LogP contribution in [-0.2, 0) is 22.7 Å². The highest BCUT2D eigenvalue weighted by Crippen LogP contribution is 2.28. The number of carbonyl (C=O) groups excluding carboxylic acids is 1. The zero-order chi connectivity index (χ0) is 24.5. The summed E-state index contributed by atoms with van der Waals surface area (Å²) in [6, 6.07) is 16.0. The van der Waals surface area contributed by atoms with E-state index in [0.717, 1.165) is 11.6 Å². The number of fused-ring (bicyclic) bond motifs is 3. The normalized spacial score (nSPS) is 13.0. The SMILES string of the molecule is COC(=O)c1c2n(c(=O)n1COCC[Si](C)(C)C)-c1ccc(Cl)cc1C(c1ccccc1)=NC2. The minimum Gasteiger partial charge on any atom is -0.464 e. The Morgan fingerprint density at radius 2 is 1.88 bits per heavy atom. The van der Waals surface area contributed by atoms with Gasteiger partial charge in [-0.3, -0.25) is 14.1 Å². The van der Waals surface area contributed by atoms with E-state index in [1.807, 2.05) is 30.3 Å². The van der Waals surface area contributed by atoms with Gasteiger partial charge in [0.2, 0.25) is 0 Å². The molecule has 0 spiro atoms. The fourth-order valence-electron chi connectivity index (χ4n) is 3.94. The Kier molecular flexibility index (Phi) is 6.93. The standard InChI is InChI=1S/C25H28ClN3O4Si/c1-32-24(30)23-21-15-27-22(17-8-6-5-7-9-17)19-14-18(26)10-11-20(19)29(21)25(31)28(23)16-33-12-13-34(2,3)4/h5-11,14H,12-13,15-16H2,1-4H3. The number of imidazole rings is 1. The van der Waals surface area contributed by atoms with Gasteiger partial charge in [0.25, 0.3) is 0 Å². The second-order valence-electron chi connectivity index (χ2n) is 9.37. The van der Waals surface area contributed by atoms with E-state index in [9.17, 15) is 9.59 Å². The van der Waals surface area contributed by atoms with Crippen molar-refractivity contribution in [1.82, 2.24) is 9.13 Å². The van der Waals surface area contributed by atoms with E-state index in [-0.39, 0.29) is 24.7 Å². The summed E-state index contributed by atoms with van der Waals surface area (Å²) in [5.74, 6) is -0.603. The van der Waals surface area contributed by atoms with Crippen LogP contribution in [0.25, 0.3) is 5.69 Å². The zero-order valence-electron chi connectivity index (χ0n) is 19.8. The molecular weight excluding hydrogens is 470 g/mol. The van der Waals surface area contributed by atoms with Crippen LogP contribution in [0.4, 0.5) is 0 Å². The van der Waals surface area contributed by atoms with Crippen LogP contribution >= 0.6 is 11.6 Å². The monoisotopic (exact) mass is 497 g/mol. The first-order chi connectivity index (χ1) is 16.2. The van der Waals surface area contributed by atoms with Gasteiger partial charge in [-0.05, 0) is 24.2 Å². The second kappa shape index (κ2) is 9.73. The lowest BCUT2D eigenvalue weighted by molar-refractivity contribution is 0.0534. The third kappa shape index (κ3) is 4.80. The van der Waals surface area contributed by atoms with Crippen LogP contribution in [0.2, 0.25) is 30.7 Å². The average molecular weight is 498 g/mol. The first-order valence-electron chi connectivity index (χ1n) is 11.1. The number of ether oxygens (including phenoxy) is 2. The second-order valence-corrected chi connectivity index (χ2v) is 15.4. The molecule has 0 bridgehead atoms. The number of nitrogens with zero attached hydrogens (tertiary/aromatic N) is 3. The van der Waals surface area contributed by atoms with Crippen LogP contribution in [0.5, 0.6) is 0 Å². The molecule has 1 aliphatic heterocycles. The number of carbonyl (C=O) groups is 1. The number of hydrogen-bond donors (Lipinski definition) is 0. The van der Waals surface area contributed by atoms with E-state index in [1.165, 1.54) is 16.2 Å². The van der Waals surface area contributed by atoms with Gasteiger partial charge in [0, 0.05) is 30.8 Å². The Hall–Kier alpha value is -2.94. The molecule has 1 aliphatic rings. The lowest BCUT2D eigenvalue weighted by Gasteiger charge is -2.15. The van der Waals surface area contributed by atoms with Gasteiger partial charge in [-0.25, -0.2) is 9.59 Å². The molecule has 0 unspecified atom stereocenters. The topological polar surface area (TPSA) is 74.8 Å². The van der Waals surface area contributed by atoms with Crippen molar-refractivity contribution < 1.29 is 14.3 Å². The van der Waals surface area contributed by atoms with Crippen LogP contribution in [0.3, 0.4) is 0 Å². The van der Waals surface area contributed by atoms with Crippen molar-refractivity contribution in [2.24, 2.45) is 4.99 Å². The van der Waals surface area contributed by atoms with Gasteiger partial charge in [0.05, 0.1) is 30.7 Å². The number of esters is 1. The van der Waals surface area contributed by atoms with Crippen molar-refractivity contribution >= 4 is 31.4 Å². The maximum atomic E-state index is 13.7. The molecule has 0 fully saturated rings. The molecule has 34 heavy (non-hydrogen) atoms. The summed E-state index contributed by atoms with van der Waals surface area (Å²) in [5, 5.41) is 0.529. The summed E-state index contributed by atoms with van der Waals surface area (Å²) in [6.07, 6.45) is 0. The van der Waals surface area contributed by atoms with Crippen molar-refractivity contribution in [3.63, 3.8) is 0 Å². The largest absolute Gasteiger partial charge is 0.464 e. The van der Waals surface area contributed by atoms with Crippen LogP contribution in [-0.4, -0.2) is 42.6 Å². The highest BCUT2D eigenvalue weighted by atomic mass is 35.5. The Balaban J connectivity index is 1.86. The number of aliphatic imine (C=N–C) groups is 1. The molecule has 0 saturated heterocycles. The van der Waals surface area contributed by atoms with E-state index in [1.54, 1.807) is 18.2 Å². The highest BCUT2D eigenvalue weighted by molar-refractivity contribution is 6.76. The molecule has 0 amide bonds. The maximum Gasteiger partial charge on any atom is 0.356 e. The van der Waals surface area contributed by atoms with Gasteiger partial charge in [-0.1, -0.05) is 61.6 Å². The third-order valence-electron chi connectivity index (χ3n) is 5.72. The smallest absolute Gasteiger partial charge is 0.356 e. The van der Waals surface area contributed by atoms with Crippen molar-refractivity contribution in [3.8, 4) is 5.69 Å². The molecule has 0 atom stereocenters. The number of aromatic nitrogens is 2. The number of halogens is 1. The minimum atomic E-state index is -1.30. The number of benzene rings is 2. The summed E-state index contributed by atoms with van der Waals surface area (Å²) < 4.78 is 13.8. The van der Waals surface area contributed by atoms with Crippen molar-refractivity contribution in [1.29, 1.82) is 0 Å². The Bertz CT molecular complexity index is 1310. The van der Waals surface area contributed by atoms with E-state index in [2.05, 4.69) is 19.6 Å². The molecule has 178 valence electrons. The fourth-order valence-corrected chi connectivity index (χ4v) is 4.87. The first-order valence-corrected chi connectivity index (χ1v) is 15.2. The molecule has 0 radical (unpaired) electrons. The van der Waals surface area contributed by atoms with Gasteiger partial charge >= 0.3 is 11.7 Å². The minimum absolute atomic E-state index is 0.0358. The summed E-state index contributed by atoms with van der Waals surface area (Å²) in [7, 11) is 0.00227. The fraction of sp³-hybridized carbons (Fsp3) is 0.320. The predicted molar refractivity (Wildman–Crippen MR) is 136 cm³/mol. The quantitative estimate of drug-likeness (QED) is 0.268. The highest BCUT2D eigenvalue weighted by Gasteiger charge is 2.30. The van der Waals surface area contributed by atoms with Crippen molar-refractivity contribution in [2.75, 3.05) is 13.7 Å². The van der Waals surface area contributed by atoms with Gasteiger partial charge in [0.15, 0.2) is 5.69 Å². The lowest BCUT2D eigenvalue weighted by Crippen LogP contribution is -2.28. The van der Waals surface area contributed by atoms with Gasteiger partial charge in [0.1, 0.15) is 6.73 Å². The van der Waals surface area contributed by atoms with E-state index in [0.29, 0.717) is 34.3 Å². The van der Waals surface area contributed by atoms with Gasteiger partial charge in [-0.2, -0.15) is 0 Å². The number of methoxy groups -OCH3 is 1. The Morgan fingerprint density at radius 1 is 1.15 bits per heavy atom. The summed E-state index contributed by atoms with van der Waals surface area (Å²) in [5.41, 5.74) is 3.15. The number of rotatable bonds is 7. The summed E-state index contributed by atoms with van der Waals surface area (Å²) in [6.45, 7) is 7.38. The Labute approximate surface area is 204 Å². The summed E-state index contributed by atoms with van der Waals surface area (Å²) in [4.78, 5) is 31.3. The molecule has 0 N–H and O–H groups in total. The zero-order valence-corrected chi connectivity index (χ0v) is 21.6. The number of hydrogen-bond acceptors (Lipinski definition) is 5. The molecule has 7 nitrogen and oxygen atoms in total. The van der Waals surface area contributed by atoms with Crippen molar-refractivity contribution in [3.05, 3.63) is 86.6 Å². The molecule has 0 saturated carbocycles. The molecule has 3 aromatic rings. The molecule has 0 aliphatic carbocycles. The molecular formula is C25H28ClN3O4Si. The average Bonchev–Trinajstić information content (AvgIpc) is 2.96. The summed E-state index contributed by atoms with van der Waals surface area (Å²) >= 11 is 6.34. The van der Waals surface area contributed by atoms with Gasteiger partial charge < -0.3 is 9.47 Å². The maximum absolute atomic E-state index is 13.7. The van der Waals surface area contributed by atoms with E-state index >= 15 is 0 Å². The van der Waals surface area contributed by atoms with Gasteiger partial charge in [-0.15, -0.1) is 0 Å².